The van der Waals surface area contributed by atoms with Crippen molar-refractivity contribution in [2.75, 3.05) is 0 Å². The van der Waals surface area contributed by atoms with E-state index in [1.54, 1.807) is 13.0 Å². The van der Waals surface area contributed by atoms with Gasteiger partial charge in [-0.1, -0.05) is 0 Å². The topological polar surface area (TPSA) is 66.6 Å². The third kappa shape index (κ3) is 1.54. The minimum absolute atomic E-state index is 0.214. The highest BCUT2D eigenvalue weighted by molar-refractivity contribution is 5.90. The standard InChI is InChI=1S/C9H9N3O/c1-7(13)9(2,5-10)8-3-4-11-6-12-8/h3-4,6H,1-2H3. The van der Waals surface area contributed by atoms with E-state index in [1.165, 1.54) is 19.4 Å². The maximum absolute atomic E-state index is 11.2. The van der Waals surface area contributed by atoms with Gasteiger partial charge >= 0.3 is 0 Å². The van der Waals surface area contributed by atoms with Crippen LogP contribution in [-0.2, 0) is 10.2 Å². The van der Waals surface area contributed by atoms with Crippen molar-refractivity contribution in [3.05, 3.63) is 24.3 Å². The van der Waals surface area contributed by atoms with Crippen LogP contribution in [0.1, 0.15) is 19.5 Å². The van der Waals surface area contributed by atoms with Gasteiger partial charge in [-0.2, -0.15) is 5.26 Å². The molecule has 1 heterocycles. The number of nitriles is 1. The van der Waals surface area contributed by atoms with Crippen molar-refractivity contribution in [3.8, 4) is 6.07 Å². The van der Waals surface area contributed by atoms with Crippen molar-refractivity contribution in [1.29, 1.82) is 5.26 Å². The zero-order chi connectivity index (χ0) is 9.90. The fourth-order valence-electron chi connectivity index (χ4n) is 0.903. The van der Waals surface area contributed by atoms with Gasteiger partial charge in [0.05, 0.1) is 11.8 Å². The molecule has 0 N–H and O–H groups in total. The number of ketones is 1. The summed E-state index contributed by atoms with van der Waals surface area (Å²) < 4.78 is 0. The summed E-state index contributed by atoms with van der Waals surface area (Å²) in [7, 11) is 0. The molecule has 1 unspecified atom stereocenters. The first-order valence-corrected chi connectivity index (χ1v) is 3.80. The van der Waals surface area contributed by atoms with Crippen molar-refractivity contribution in [1.82, 2.24) is 9.97 Å². The largest absolute Gasteiger partial charge is 0.298 e. The van der Waals surface area contributed by atoms with E-state index in [4.69, 9.17) is 5.26 Å². The maximum Gasteiger partial charge on any atom is 0.155 e. The molecular formula is C9H9N3O. The SMILES string of the molecule is CC(=O)C(C)(C#N)c1ccncn1. The van der Waals surface area contributed by atoms with Crippen LogP contribution in [0.25, 0.3) is 0 Å². The molecule has 0 amide bonds. The molecule has 1 rings (SSSR count). The minimum Gasteiger partial charge on any atom is -0.298 e. The first kappa shape index (κ1) is 9.33. The molecule has 0 aliphatic rings. The molecule has 1 aromatic rings. The predicted octanol–water partition coefficient (Wildman–Crippen LogP) is 0.847. The van der Waals surface area contributed by atoms with Gasteiger partial charge in [-0.05, 0) is 19.9 Å². The van der Waals surface area contributed by atoms with E-state index < -0.39 is 5.41 Å². The van der Waals surface area contributed by atoms with Gasteiger partial charge in [0.1, 0.15) is 6.33 Å². The highest BCUT2D eigenvalue weighted by atomic mass is 16.1. The van der Waals surface area contributed by atoms with Crippen LogP contribution in [0.15, 0.2) is 18.6 Å². The van der Waals surface area contributed by atoms with E-state index >= 15 is 0 Å². The Kier molecular flexibility index (Phi) is 2.38. The average Bonchev–Trinajstić information content (AvgIpc) is 2.17. The molecule has 4 heteroatoms. The van der Waals surface area contributed by atoms with Crippen LogP contribution in [0.5, 0.6) is 0 Å². The number of hydrogen-bond acceptors (Lipinski definition) is 4. The van der Waals surface area contributed by atoms with Crippen LogP contribution < -0.4 is 0 Å². The summed E-state index contributed by atoms with van der Waals surface area (Å²) in [5, 5.41) is 8.88. The van der Waals surface area contributed by atoms with Gasteiger partial charge in [-0.25, -0.2) is 9.97 Å². The van der Waals surface area contributed by atoms with Gasteiger partial charge in [-0.3, -0.25) is 4.79 Å². The van der Waals surface area contributed by atoms with Crippen LogP contribution in [0.4, 0.5) is 0 Å². The van der Waals surface area contributed by atoms with Gasteiger partial charge in [0.2, 0.25) is 0 Å². The quantitative estimate of drug-likeness (QED) is 0.668. The van der Waals surface area contributed by atoms with E-state index in [9.17, 15) is 4.79 Å². The first-order valence-electron chi connectivity index (χ1n) is 3.80. The van der Waals surface area contributed by atoms with E-state index in [1.807, 2.05) is 6.07 Å². The predicted molar refractivity (Wildman–Crippen MR) is 45.7 cm³/mol. The molecule has 1 aromatic heterocycles. The van der Waals surface area contributed by atoms with Gasteiger partial charge in [0.25, 0.3) is 0 Å². The molecule has 4 nitrogen and oxygen atoms in total. The van der Waals surface area contributed by atoms with Crippen LogP contribution in [0.3, 0.4) is 0 Å². The lowest BCUT2D eigenvalue weighted by Crippen LogP contribution is -2.29. The summed E-state index contributed by atoms with van der Waals surface area (Å²) in [6.45, 7) is 2.93. The van der Waals surface area contributed by atoms with Crippen molar-refractivity contribution < 1.29 is 4.79 Å². The second kappa shape index (κ2) is 3.31. The van der Waals surface area contributed by atoms with Crippen LogP contribution in [0, 0.1) is 11.3 Å². The Bertz CT molecular complexity index is 355. The molecule has 0 bridgehead atoms. The van der Waals surface area contributed by atoms with Crippen LogP contribution >= 0.6 is 0 Å². The summed E-state index contributed by atoms with van der Waals surface area (Å²) >= 11 is 0. The Morgan fingerprint density at radius 2 is 2.38 bits per heavy atom. The summed E-state index contributed by atoms with van der Waals surface area (Å²) in [5.74, 6) is -0.214. The second-order valence-corrected chi connectivity index (χ2v) is 2.89. The van der Waals surface area contributed by atoms with E-state index in [2.05, 4.69) is 9.97 Å². The lowest BCUT2D eigenvalue weighted by molar-refractivity contribution is -0.120. The van der Waals surface area contributed by atoms with Gasteiger partial charge in [0.15, 0.2) is 11.2 Å². The Balaban J connectivity index is 3.21. The summed E-state index contributed by atoms with van der Waals surface area (Å²) in [6, 6.07) is 3.53. The lowest BCUT2D eigenvalue weighted by Gasteiger charge is -2.15. The molecule has 0 aromatic carbocycles. The minimum atomic E-state index is -1.15. The van der Waals surface area contributed by atoms with Gasteiger partial charge in [-0.15, -0.1) is 0 Å². The smallest absolute Gasteiger partial charge is 0.155 e. The molecule has 1 atom stereocenters. The van der Waals surface area contributed by atoms with E-state index in [-0.39, 0.29) is 5.78 Å². The number of carbonyl (C=O) groups is 1. The third-order valence-corrected chi connectivity index (χ3v) is 2.02. The number of carbonyl (C=O) groups excluding carboxylic acids is 1. The third-order valence-electron chi connectivity index (χ3n) is 2.02. The molecule has 66 valence electrons. The van der Waals surface area contributed by atoms with E-state index in [0.29, 0.717) is 5.69 Å². The number of Topliss-reactive ketones (excluding diaryl/α,β-unsaturated/α-hetero) is 1. The Morgan fingerprint density at radius 1 is 1.69 bits per heavy atom. The summed E-state index contributed by atoms with van der Waals surface area (Å²) in [4.78, 5) is 18.8. The van der Waals surface area contributed by atoms with Gasteiger partial charge in [0, 0.05) is 6.20 Å². The first-order chi connectivity index (χ1) is 6.11. The number of hydrogen-bond donors (Lipinski definition) is 0. The van der Waals surface area contributed by atoms with Crippen LogP contribution in [-0.4, -0.2) is 15.8 Å². The number of nitrogens with zero attached hydrogens (tertiary/aromatic N) is 3. The van der Waals surface area contributed by atoms with Crippen molar-refractivity contribution >= 4 is 5.78 Å². The summed E-state index contributed by atoms with van der Waals surface area (Å²) in [5.41, 5.74) is -0.708. The zero-order valence-electron chi connectivity index (χ0n) is 7.48. The normalized spacial score (nSPS) is 14.2. The van der Waals surface area contributed by atoms with E-state index in [0.717, 1.165) is 0 Å². The molecule has 13 heavy (non-hydrogen) atoms. The summed E-state index contributed by atoms with van der Waals surface area (Å²) in [6.07, 6.45) is 2.84. The molecular weight excluding hydrogens is 166 g/mol. The Morgan fingerprint density at radius 3 is 2.77 bits per heavy atom. The number of rotatable bonds is 2. The highest BCUT2D eigenvalue weighted by Gasteiger charge is 2.33. The molecule has 0 radical (unpaired) electrons. The van der Waals surface area contributed by atoms with Crippen molar-refractivity contribution in [3.63, 3.8) is 0 Å². The van der Waals surface area contributed by atoms with Crippen molar-refractivity contribution in [2.45, 2.75) is 19.3 Å². The zero-order valence-corrected chi connectivity index (χ0v) is 7.48. The van der Waals surface area contributed by atoms with Gasteiger partial charge < -0.3 is 0 Å². The van der Waals surface area contributed by atoms with Crippen molar-refractivity contribution in [2.24, 2.45) is 0 Å². The Hall–Kier alpha value is -1.76. The lowest BCUT2D eigenvalue weighted by atomic mass is 9.84. The Labute approximate surface area is 76.2 Å². The fourth-order valence-corrected chi connectivity index (χ4v) is 0.903. The van der Waals surface area contributed by atoms with Crippen LogP contribution in [0.2, 0.25) is 0 Å². The molecule has 0 aliphatic heterocycles. The monoisotopic (exact) mass is 175 g/mol. The highest BCUT2D eigenvalue weighted by Crippen LogP contribution is 2.20. The second-order valence-electron chi connectivity index (χ2n) is 2.89. The molecule has 0 saturated carbocycles. The fraction of sp³-hybridized carbons (Fsp3) is 0.333. The molecule has 0 spiro atoms. The molecule has 0 saturated heterocycles. The maximum atomic E-state index is 11.2. The average molecular weight is 175 g/mol. The number of aromatic nitrogens is 2. The molecule has 0 aliphatic carbocycles. The molecule has 0 fully saturated rings.